The molecule has 12 heteroatoms. The Labute approximate surface area is 217 Å². The molecule has 4 aromatic rings. The molecule has 0 radical (unpaired) electrons. The van der Waals surface area contributed by atoms with Gasteiger partial charge in [0.15, 0.2) is 16.7 Å². The molecule has 3 N–H and O–H groups in total. The van der Waals surface area contributed by atoms with E-state index in [9.17, 15) is 9.18 Å². The van der Waals surface area contributed by atoms with Crippen molar-refractivity contribution in [3.8, 4) is 22.6 Å². The van der Waals surface area contributed by atoms with Crippen LogP contribution in [-0.2, 0) is 11.8 Å². The number of carbonyl (C=O) groups is 1. The van der Waals surface area contributed by atoms with Gasteiger partial charge in [0.2, 0.25) is 11.9 Å². The third kappa shape index (κ3) is 5.78. The number of aryl methyl sites for hydroxylation is 1. The van der Waals surface area contributed by atoms with Crippen LogP contribution in [0.2, 0.25) is 5.15 Å². The zero-order valence-electron chi connectivity index (χ0n) is 20.2. The van der Waals surface area contributed by atoms with Crippen molar-refractivity contribution in [1.29, 1.82) is 0 Å². The second-order valence-electron chi connectivity index (χ2n) is 7.67. The monoisotopic (exact) mass is 523 g/mol. The number of hydrogen-bond donors (Lipinski definition) is 3. The van der Waals surface area contributed by atoms with Gasteiger partial charge in [0.25, 0.3) is 0 Å². The number of benzene rings is 2. The van der Waals surface area contributed by atoms with Crippen molar-refractivity contribution < 1.29 is 18.7 Å². The van der Waals surface area contributed by atoms with Crippen molar-refractivity contribution in [3.05, 3.63) is 72.4 Å². The van der Waals surface area contributed by atoms with E-state index in [1.807, 2.05) is 0 Å². The molecule has 0 saturated heterocycles. The second kappa shape index (κ2) is 11.0. The quantitative estimate of drug-likeness (QED) is 0.253. The first-order valence-electron chi connectivity index (χ1n) is 10.9. The van der Waals surface area contributed by atoms with E-state index in [0.29, 0.717) is 34.0 Å². The third-order valence-electron chi connectivity index (χ3n) is 5.19. The van der Waals surface area contributed by atoms with Gasteiger partial charge in [-0.1, -0.05) is 24.2 Å². The number of halogens is 2. The molecule has 2 heterocycles. The Morgan fingerprint density at radius 2 is 1.89 bits per heavy atom. The summed E-state index contributed by atoms with van der Waals surface area (Å²) in [7, 11) is 4.80. The molecule has 2 aromatic carbocycles. The van der Waals surface area contributed by atoms with Crippen LogP contribution < -0.4 is 25.4 Å². The summed E-state index contributed by atoms with van der Waals surface area (Å²) in [6.45, 7) is 3.43. The molecule has 0 spiro atoms. The summed E-state index contributed by atoms with van der Waals surface area (Å²) < 4.78 is 27.1. The molecule has 2 aromatic heterocycles. The molecule has 4 rings (SSSR count). The Balaban J connectivity index is 1.78. The van der Waals surface area contributed by atoms with Gasteiger partial charge in [-0.05, 0) is 42.0 Å². The average Bonchev–Trinajstić information content (AvgIpc) is 3.21. The third-order valence-corrected chi connectivity index (χ3v) is 5.47. The van der Waals surface area contributed by atoms with Crippen molar-refractivity contribution in [1.82, 2.24) is 19.7 Å². The molecular weight excluding hydrogens is 501 g/mol. The van der Waals surface area contributed by atoms with Gasteiger partial charge >= 0.3 is 0 Å². The summed E-state index contributed by atoms with van der Waals surface area (Å²) in [4.78, 5) is 20.7. The minimum Gasteiger partial charge on any atom is -0.493 e. The summed E-state index contributed by atoms with van der Waals surface area (Å²) in [5.41, 5.74) is 2.17. The molecule has 0 unspecified atom stereocenters. The standard InChI is InChI=1S/C25H23ClFN7O3/c1-5-22(35)29-15-7-8-17(27)18(11-15)30-24-16(14-6-9-20(36-3)21(10-14)37-4)12-28-25(32-24)31-19-13-34(2)33-23(19)26/h5-13H,1H2,2-4H3,(H,29,35)(H2,28,30,31,32). The first-order valence-corrected chi connectivity index (χ1v) is 11.2. The minimum absolute atomic E-state index is 0.0765. The van der Waals surface area contributed by atoms with Crippen molar-refractivity contribution in [2.24, 2.45) is 7.05 Å². The van der Waals surface area contributed by atoms with Crippen LogP contribution in [0, 0.1) is 5.82 Å². The van der Waals surface area contributed by atoms with Gasteiger partial charge in [0.1, 0.15) is 11.6 Å². The number of carbonyl (C=O) groups excluding carboxylic acids is 1. The summed E-state index contributed by atoms with van der Waals surface area (Å²) in [6.07, 6.45) is 4.37. The smallest absolute Gasteiger partial charge is 0.247 e. The van der Waals surface area contributed by atoms with E-state index in [1.54, 1.807) is 49.4 Å². The van der Waals surface area contributed by atoms with Crippen LogP contribution in [0.15, 0.2) is 61.4 Å². The number of rotatable bonds is 9. The van der Waals surface area contributed by atoms with E-state index < -0.39 is 11.7 Å². The largest absolute Gasteiger partial charge is 0.493 e. The number of methoxy groups -OCH3 is 2. The van der Waals surface area contributed by atoms with Gasteiger partial charge < -0.3 is 25.4 Å². The molecule has 190 valence electrons. The van der Waals surface area contributed by atoms with Crippen LogP contribution in [0.25, 0.3) is 11.1 Å². The van der Waals surface area contributed by atoms with Gasteiger partial charge in [-0.3, -0.25) is 9.48 Å². The highest BCUT2D eigenvalue weighted by Gasteiger charge is 2.16. The van der Waals surface area contributed by atoms with E-state index in [-0.39, 0.29) is 22.6 Å². The lowest BCUT2D eigenvalue weighted by atomic mass is 10.1. The van der Waals surface area contributed by atoms with Gasteiger partial charge in [0.05, 0.1) is 25.6 Å². The fourth-order valence-corrected chi connectivity index (χ4v) is 3.65. The Hall–Kier alpha value is -4.64. The number of nitrogens with one attached hydrogen (secondary N) is 3. The van der Waals surface area contributed by atoms with E-state index in [0.717, 1.165) is 6.08 Å². The van der Waals surface area contributed by atoms with Crippen molar-refractivity contribution in [2.75, 3.05) is 30.2 Å². The first-order chi connectivity index (χ1) is 17.8. The van der Waals surface area contributed by atoms with Crippen molar-refractivity contribution >= 4 is 46.3 Å². The number of hydrogen-bond acceptors (Lipinski definition) is 8. The van der Waals surface area contributed by atoms with E-state index in [2.05, 4.69) is 37.6 Å². The summed E-state index contributed by atoms with van der Waals surface area (Å²) in [6, 6.07) is 9.41. The van der Waals surface area contributed by atoms with Crippen LogP contribution in [-0.4, -0.2) is 39.9 Å². The maximum absolute atomic E-state index is 14.8. The lowest BCUT2D eigenvalue weighted by Crippen LogP contribution is -2.08. The highest BCUT2D eigenvalue weighted by Crippen LogP contribution is 2.36. The molecular formula is C25H23ClFN7O3. The van der Waals surface area contributed by atoms with Crippen molar-refractivity contribution in [2.45, 2.75) is 0 Å². The molecule has 1 amide bonds. The molecule has 0 aliphatic carbocycles. The summed E-state index contributed by atoms with van der Waals surface area (Å²) >= 11 is 6.16. The molecule has 10 nitrogen and oxygen atoms in total. The van der Waals surface area contributed by atoms with Gasteiger partial charge in [0, 0.05) is 30.7 Å². The Bertz CT molecular complexity index is 1470. The zero-order valence-corrected chi connectivity index (χ0v) is 20.9. The van der Waals surface area contributed by atoms with Crippen LogP contribution in [0.4, 0.5) is 33.2 Å². The predicted octanol–water partition coefficient (Wildman–Crippen LogP) is 5.30. The number of ether oxygens (including phenoxy) is 2. The normalized spacial score (nSPS) is 10.5. The Morgan fingerprint density at radius 3 is 2.57 bits per heavy atom. The molecule has 0 bridgehead atoms. The summed E-state index contributed by atoms with van der Waals surface area (Å²) in [5.74, 6) is 0.524. The SMILES string of the molecule is C=CC(=O)Nc1ccc(F)c(Nc2nc(Nc3cn(C)nc3Cl)ncc2-c2ccc(OC)c(OC)c2)c1. The topological polar surface area (TPSA) is 115 Å². The van der Waals surface area contributed by atoms with Crippen LogP contribution in [0.1, 0.15) is 0 Å². The molecule has 0 saturated carbocycles. The molecule has 37 heavy (non-hydrogen) atoms. The van der Waals surface area contributed by atoms with E-state index >= 15 is 0 Å². The van der Waals surface area contributed by atoms with E-state index in [4.69, 9.17) is 21.1 Å². The van der Waals surface area contributed by atoms with Crippen molar-refractivity contribution in [3.63, 3.8) is 0 Å². The van der Waals surface area contributed by atoms with Gasteiger partial charge in [-0.25, -0.2) is 9.37 Å². The van der Waals surface area contributed by atoms with Crippen LogP contribution >= 0.6 is 11.6 Å². The van der Waals surface area contributed by atoms with E-state index in [1.165, 1.54) is 25.3 Å². The zero-order chi connectivity index (χ0) is 26.5. The molecule has 0 atom stereocenters. The summed E-state index contributed by atoms with van der Waals surface area (Å²) in [5, 5.41) is 13.0. The number of aromatic nitrogens is 4. The van der Waals surface area contributed by atoms with Crippen LogP contribution in [0.3, 0.4) is 0 Å². The highest BCUT2D eigenvalue weighted by atomic mass is 35.5. The maximum Gasteiger partial charge on any atom is 0.247 e. The molecule has 0 aliphatic heterocycles. The van der Waals surface area contributed by atoms with Gasteiger partial charge in [-0.15, -0.1) is 0 Å². The lowest BCUT2D eigenvalue weighted by Gasteiger charge is -2.16. The van der Waals surface area contributed by atoms with Crippen LogP contribution in [0.5, 0.6) is 11.5 Å². The lowest BCUT2D eigenvalue weighted by molar-refractivity contribution is -0.111. The fraction of sp³-hybridized carbons (Fsp3) is 0.120. The average molecular weight is 524 g/mol. The minimum atomic E-state index is -0.557. The second-order valence-corrected chi connectivity index (χ2v) is 8.03. The fourth-order valence-electron chi connectivity index (χ4n) is 3.44. The first kappa shape index (κ1) is 25.5. The molecule has 0 aliphatic rings. The highest BCUT2D eigenvalue weighted by molar-refractivity contribution is 6.32. The Kier molecular flexibility index (Phi) is 7.54. The van der Waals surface area contributed by atoms with Gasteiger partial charge in [-0.2, -0.15) is 10.1 Å². The Morgan fingerprint density at radius 1 is 1.11 bits per heavy atom. The number of amides is 1. The number of nitrogens with zero attached hydrogens (tertiary/aromatic N) is 4. The molecule has 0 fully saturated rings. The maximum atomic E-state index is 14.8. The predicted molar refractivity (Wildman–Crippen MR) is 141 cm³/mol. The number of anilines is 5.